The summed E-state index contributed by atoms with van der Waals surface area (Å²) in [6.45, 7) is 7.59. The van der Waals surface area contributed by atoms with Crippen molar-refractivity contribution >= 4 is 0 Å². The molecule has 0 fully saturated rings. The van der Waals surface area contributed by atoms with Crippen LogP contribution in [0.25, 0.3) is 0 Å². The fraction of sp³-hybridized carbons (Fsp3) is 1.00. The zero-order valence-corrected chi connectivity index (χ0v) is 16.7. The summed E-state index contributed by atoms with van der Waals surface area (Å²) in [6.07, 6.45) is 13.7. The van der Waals surface area contributed by atoms with E-state index in [1.54, 1.807) is 0 Å². The molecule has 0 N–H and O–H groups in total. The summed E-state index contributed by atoms with van der Waals surface area (Å²) in [6, 6.07) is 0. The summed E-state index contributed by atoms with van der Waals surface area (Å²) in [4.78, 5) is 2.11. The Morgan fingerprint density at radius 3 is 1.42 bits per heavy atom. The summed E-state index contributed by atoms with van der Waals surface area (Å²) in [7, 11) is 4.09. The maximum atomic E-state index is 5.59. The van der Waals surface area contributed by atoms with Crippen LogP contribution >= 0.6 is 0 Å². The van der Waals surface area contributed by atoms with E-state index in [1.165, 1.54) is 64.2 Å². The van der Waals surface area contributed by atoms with E-state index in [2.05, 4.69) is 11.8 Å². The third-order valence-electron chi connectivity index (χ3n) is 4.07. The molecule has 4 nitrogen and oxygen atoms in total. The molecule has 0 aromatic heterocycles. The normalized spacial score (nSPS) is 11.5. The quantitative estimate of drug-likeness (QED) is 0.304. The summed E-state index contributed by atoms with van der Waals surface area (Å²) in [5.41, 5.74) is 0. The van der Waals surface area contributed by atoms with Gasteiger partial charge in [0.2, 0.25) is 0 Å². The van der Waals surface area contributed by atoms with Gasteiger partial charge < -0.3 is 19.1 Å². The molecule has 0 rings (SSSR count). The van der Waals surface area contributed by atoms with Gasteiger partial charge in [-0.2, -0.15) is 0 Å². The lowest BCUT2D eigenvalue weighted by Crippen LogP contribution is -2.19. The van der Waals surface area contributed by atoms with Gasteiger partial charge in [0.15, 0.2) is 0 Å². The molecule has 0 spiro atoms. The Hall–Kier alpha value is -0.160. The van der Waals surface area contributed by atoms with Gasteiger partial charge in [0.1, 0.15) is 0 Å². The Bertz CT molecular complexity index is 225. The molecule has 0 heterocycles. The molecule has 0 bridgehead atoms. The van der Waals surface area contributed by atoms with Gasteiger partial charge in [0.05, 0.1) is 33.0 Å². The van der Waals surface area contributed by atoms with Crippen LogP contribution in [0.5, 0.6) is 0 Å². The molecule has 0 aromatic rings. The molecule has 4 heteroatoms. The van der Waals surface area contributed by atoms with Gasteiger partial charge in [0, 0.05) is 13.2 Å². The minimum absolute atomic E-state index is 0.662. The molecule has 0 saturated carbocycles. The molecule has 146 valence electrons. The van der Waals surface area contributed by atoms with Crippen LogP contribution < -0.4 is 0 Å². The van der Waals surface area contributed by atoms with Crippen LogP contribution in [0.1, 0.15) is 71.1 Å². The van der Waals surface area contributed by atoms with Crippen molar-refractivity contribution in [2.24, 2.45) is 0 Å². The molecule has 0 aliphatic carbocycles. The third-order valence-corrected chi connectivity index (χ3v) is 4.07. The van der Waals surface area contributed by atoms with Crippen molar-refractivity contribution in [2.75, 3.05) is 60.3 Å². The number of rotatable bonds is 20. The highest BCUT2D eigenvalue weighted by Crippen LogP contribution is 2.10. The second kappa shape index (κ2) is 20.9. The van der Waals surface area contributed by atoms with Crippen molar-refractivity contribution in [3.63, 3.8) is 0 Å². The number of ether oxygens (including phenoxy) is 3. The number of likely N-dealkylation sites (N-methyl/N-ethyl adjacent to an activating group) is 1. The average Bonchev–Trinajstić information content (AvgIpc) is 2.56. The molecular formula is C20H43NO3. The Morgan fingerprint density at radius 1 is 0.500 bits per heavy atom. The van der Waals surface area contributed by atoms with E-state index in [0.717, 1.165) is 19.8 Å². The molecule has 0 unspecified atom stereocenters. The lowest BCUT2D eigenvalue weighted by Gasteiger charge is -2.10. The smallest absolute Gasteiger partial charge is 0.0701 e. The topological polar surface area (TPSA) is 30.9 Å². The van der Waals surface area contributed by atoms with Crippen molar-refractivity contribution in [3.8, 4) is 0 Å². The number of nitrogens with zero attached hydrogens (tertiary/aromatic N) is 1. The maximum absolute atomic E-state index is 5.59. The molecule has 0 aromatic carbocycles. The van der Waals surface area contributed by atoms with Crippen LogP contribution in [0.15, 0.2) is 0 Å². The van der Waals surface area contributed by atoms with Gasteiger partial charge in [-0.15, -0.1) is 0 Å². The van der Waals surface area contributed by atoms with Crippen LogP contribution in [-0.2, 0) is 14.2 Å². The Balaban J connectivity index is 2.95. The van der Waals surface area contributed by atoms with E-state index in [0.29, 0.717) is 26.4 Å². The SMILES string of the molecule is CCCCCCCCCCCCOCCOCCOCCN(C)C. The van der Waals surface area contributed by atoms with Gasteiger partial charge in [-0.1, -0.05) is 64.7 Å². The molecule has 0 atom stereocenters. The standard InChI is InChI=1S/C20H43NO3/c1-4-5-6-7-8-9-10-11-12-13-15-22-17-19-24-20-18-23-16-14-21(2)3/h4-20H2,1-3H3. The van der Waals surface area contributed by atoms with E-state index in [4.69, 9.17) is 14.2 Å². The first-order valence-electron chi connectivity index (χ1n) is 10.1. The van der Waals surface area contributed by atoms with E-state index < -0.39 is 0 Å². The van der Waals surface area contributed by atoms with E-state index in [9.17, 15) is 0 Å². The van der Waals surface area contributed by atoms with Crippen molar-refractivity contribution in [1.29, 1.82) is 0 Å². The predicted octanol–water partition coefficient (Wildman–Crippen LogP) is 4.52. The van der Waals surface area contributed by atoms with Crippen molar-refractivity contribution < 1.29 is 14.2 Å². The van der Waals surface area contributed by atoms with Crippen LogP contribution in [0, 0.1) is 0 Å². The maximum Gasteiger partial charge on any atom is 0.0701 e. The highest BCUT2D eigenvalue weighted by molar-refractivity contribution is 4.47. The predicted molar refractivity (Wildman–Crippen MR) is 103 cm³/mol. The summed E-state index contributed by atoms with van der Waals surface area (Å²) >= 11 is 0. The zero-order valence-electron chi connectivity index (χ0n) is 16.7. The highest BCUT2D eigenvalue weighted by atomic mass is 16.5. The van der Waals surface area contributed by atoms with E-state index in [-0.39, 0.29) is 0 Å². The van der Waals surface area contributed by atoms with Crippen LogP contribution in [0.4, 0.5) is 0 Å². The second-order valence-electron chi connectivity index (χ2n) is 6.82. The van der Waals surface area contributed by atoms with Crippen molar-refractivity contribution in [1.82, 2.24) is 4.90 Å². The Morgan fingerprint density at radius 2 is 0.917 bits per heavy atom. The number of hydrogen-bond acceptors (Lipinski definition) is 4. The summed E-state index contributed by atoms with van der Waals surface area (Å²) in [5.74, 6) is 0. The fourth-order valence-electron chi connectivity index (χ4n) is 2.48. The molecule has 0 saturated heterocycles. The lowest BCUT2D eigenvalue weighted by molar-refractivity contribution is 0.0117. The first-order valence-corrected chi connectivity index (χ1v) is 10.1. The molecule has 0 amide bonds. The monoisotopic (exact) mass is 345 g/mol. The van der Waals surface area contributed by atoms with Gasteiger partial charge in [-0.25, -0.2) is 0 Å². The van der Waals surface area contributed by atoms with Crippen LogP contribution in [-0.4, -0.2) is 65.2 Å². The second-order valence-corrected chi connectivity index (χ2v) is 6.82. The number of unbranched alkanes of at least 4 members (excludes halogenated alkanes) is 9. The summed E-state index contributed by atoms with van der Waals surface area (Å²) in [5, 5.41) is 0. The molecule has 0 radical (unpaired) electrons. The average molecular weight is 346 g/mol. The molecule has 0 aliphatic heterocycles. The first kappa shape index (κ1) is 23.8. The lowest BCUT2D eigenvalue weighted by atomic mass is 10.1. The van der Waals surface area contributed by atoms with Crippen LogP contribution in [0.3, 0.4) is 0 Å². The van der Waals surface area contributed by atoms with E-state index >= 15 is 0 Å². The van der Waals surface area contributed by atoms with Gasteiger partial charge in [-0.3, -0.25) is 0 Å². The highest BCUT2D eigenvalue weighted by Gasteiger charge is 1.95. The van der Waals surface area contributed by atoms with Crippen molar-refractivity contribution in [2.45, 2.75) is 71.1 Å². The summed E-state index contributed by atoms with van der Waals surface area (Å²) < 4.78 is 16.5. The van der Waals surface area contributed by atoms with Crippen LogP contribution in [0.2, 0.25) is 0 Å². The van der Waals surface area contributed by atoms with Gasteiger partial charge in [-0.05, 0) is 20.5 Å². The third kappa shape index (κ3) is 21.8. The van der Waals surface area contributed by atoms with Gasteiger partial charge >= 0.3 is 0 Å². The minimum Gasteiger partial charge on any atom is -0.379 e. The van der Waals surface area contributed by atoms with E-state index in [1.807, 2.05) is 14.1 Å². The Kier molecular flexibility index (Phi) is 20.7. The zero-order chi connectivity index (χ0) is 17.7. The van der Waals surface area contributed by atoms with Crippen molar-refractivity contribution in [3.05, 3.63) is 0 Å². The molecule has 24 heavy (non-hydrogen) atoms. The fourth-order valence-corrected chi connectivity index (χ4v) is 2.48. The first-order chi connectivity index (χ1) is 11.8. The largest absolute Gasteiger partial charge is 0.379 e. The number of hydrogen-bond donors (Lipinski definition) is 0. The Labute approximate surface area is 151 Å². The molecule has 0 aliphatic rings. The molecular weight excluding hydrogens is 302 g/mol. The minimum atomic E-state index is 0.662. The van der Waals surface area contributed by atoms with Gasteiger partial charge in [0.25, 0.3) is 0 Å².